The van der Waals surface area contributed by atoms with Gasteiger partial charge in [-0.3, -0.25) is 4.79 Å². The fraction of sp³-hybridized carbons (Fsp3) is 0.875. The maximum absolute atomic E-state index is 10.5. The van der Waals surface area contributed by atoms with Crippen LogP contribution in [0.5, 0.6) is 0 Å². The van der Waals surface area contributed by atoms with Crippen molar-refractivity contribution >= 4 is 5.97 Å². The van der Waals surface area contributed by atoms with Crippen LogP contribution in [-0.4, -0.2) is 23.8 Å². The Morgan fingerprint density at radius 2 is 2.36 bits per heavy atom. The summed E-state index contributed by atoms with van der Waals surface area (Å²) < 4.78 is 5.32. The van der Waals surface area contributed by atoms with Gasteiger partial charge in [-0.2, -0.15) is 0 Å². The maximum atomic E-state index is 10.5. The fourth-order valence-electron chi connectivity index (χ4n) is 1.32. The minimum Gasteiger partial charge on any atom is -0.481 e. The van der Waals surface area contributed by atoms with E-state index in [0.717, 1.165) is 25.9 Å². The standard InChI is InChI=1S/C8H14O3/c1-6(8(9)10)7-4-2-3-5-11-7/h6-7H,2-5H2,1H3,(H,9,10). The first kappa shape index (κ1) is 8.53. The van der Waals surface area contributed by atoms with Crippen LogP contribution in [0.15, 0.2) is 0 Å². The monoisotopic (exact) mass is 158 g/mol. The van der Waals surface area contributed by atoms with E-state index in [4.69, 9.17) is 9.84 Å². The van der Waals surface area contributed by atoms with Gasteiger partial charge in [-0.05, 0) is 26.2 Å². The lowest BCUT2D eigenvalue weighted by Crippen LogP contribution is -2.31. The molecule has 0 spiro atoms. The molecule has 0 saturated carbocycles. The van der Waals surface area contributed by atoms with Crippen LogP contribution < -0.4 is 0 Å². The Balaban J connectivity index is 2.38. The van der Waals surface area contributed by atoms with Gasteiger partial charge in [-0.25, -0.2) is 0 Å². The van der Waals surface area contributed by atoms with Gasteiger partial charge < -0.3 is 9.84 Å². The van der Waals surface area contributed by atoms with E-state index in [1.807, 2.05) is 0 Å². The minimum atomic E-state index is -0.753. The van der Waals surface area contributed by atoms with E-state index >= 15 is 0 Å². The summed E-state index contributed by atoms with van der Waals surface area (Å²) in [6.45, 7) is 2.43. The Morgan fingerprint density at radius 3 is 2.82 bits per heavy atom. The number of carbonyl (C=O) groups is 1. The van der Waals surface area contributed by atoms with Crippen molar-refractivity contribution in [2.24, 2.45) is 5.92 Å². The third kappa shape index (κ3) is 2.19. The quantitative estimate of drug-likeness (QED) is 0.658. The molecule has 0 aliphatic carbocycles. The number of carboxylic acids is 1. The zero-order chi connectivity index (χ0) is 8.27. The Hall–Kier alpha value is -0.570. The SMILES string of the molecule is CC(C(=O)O)C1CCCCO1. The molecular formula is C8H14O3. The van der Waals surface area contributed by atoms with E-state index < -0.39 is 5.97 Å². The molecule has 3 nitrogen and oxygen atoms in total. The first-order chi connectivity index (χ1) is 5.22. The highest BCUT2D eigenvalue weighted by Crippen LogP contribution is 2.19. The molecule has 1 aliphatic heterocycles. The van der Waals surface area contributed by atoms with Gasteiger partial charge in [0, 0.05) is 6.61 Å². The van der Waals surface area contributed by atoms with Crippen LogP contribution in [0, 0.1) is 5.92 Å². The summed E-state index contributed by atoms with van der Waals surface area (Å²) in [6.07, 6.45) is 3.01. The van der Waals surface area contributed by atoms with Crippen molar-refractivity contribution in [1.82, 2.24) is 0 Å². The number of rotatable bonds is 2. The van der Waals surface area contributed by atoms with E-state index in [-0.39, 0.29) is 12.0 Å². The fourth-order valence-corrected chi connectivity index (χ4v) is 1.32. The van der Waals surface area contributed by atoms with Crippen LogP contribution >= 0.6 is 0 Å². The van der Waals surface area contributed by atoms with E-state index in [9.17, 15) is 4.79 Å². The van der Waals surface area contributed by atoms with Crippen molar-refractivity contribution in [3.8, 4) is 0 Å². The summed E-state index contributed by atoms with van der Waals surface area (Å²) in [5.41, 5.74) is 0. The van der Waals surface area contributed by atoms with Crippen molar-refractivity contribution in [2.45, 2.75) is 32.3 Å². The molecule has 1 saturated heterocycles. The highest BCUT2D eigenvalue weighted by Gasteiger charge is 2.25. The normalized spacial score (nSPS) is 27.9. The van der Waals surface area contributed by atoms with E-state index in [0.29, 0.717) is 0 Å². The lowest BCUT2D eigenvalue weighted by molar-refractivity contribution is -0.148. The van der Waals surface area contributed by atoms with Gasteiger partial charge in [0.1, 0.15) is 0 Å². The van der Waals surface area contributed by atoms with Crippen LogP contribution in [0.25, 0.3) is 0 Å². The van der Waals surface area contributed by atoms with Crippen LogP contribution in [0.3, 0.4) is 0 Å². The average molecular weight is 158 g/mol. The Labute approximate surface area is 66.4 Å². The van der Waals surface area contributed by atoms with Gasteiger partial charge in [-0.15, -0.1) is 0 Å². The van der Waals surface area contributed by atoms with Crippen LogP contribution in [0.4, 0.5) is 0 Å². The predicted molar refractivity (Wildman–Crippen MR) is 40.4 cm³/mol. The van der Waals surface area contributed by atoms with Crippen molar-refractivity contribution in [3.05, 3.63) is 0 Å². The van der Waals surface area contributed by atoms with Crippen molar-refractivity contribution in [3.63, 3.8) is 0 Å². The Morgan fingerprint density at radius 1 is 1.64 bits per heavy atom. The second kappa shape index (κ2) is 3.72. The average Bonchev–Trinajstić information content (AvgIpc) is 2.05. The second-order valence-electron chi connectivity index (χ2n) is 3.03. The van der Waals surface area contributed by atoms with E-state index in [2.05, 4.69) is 0 Å². The molecule has 2 atom stereocenters. The molecule has 1 heterocycles. The summed E-state index contributed by atoms with van der Waals surface area (Å²) in [6, 6.07) is 0. The predicted octanol–water partition coefficient (Wildman–Crippen LogP) is 1.28. The zero-order valence-electron chi connectivity index (χ0n) is 6.75. The van der Waals surface area contributed by atoms with Crippen molar-refractivity contribution < 1.29 is 14.6 Å². The van der Waals surface area contributed by atoms with E-state index in [1.165, 1.54) is 0 Å². The molecule has 0 aromatic carbocycles. The minimum absolute atomic E-state index is 0.0544. The molecule has 0 aromatic heterocycles. The Bertz CT molecular complexity index is 138. The van der Waals surface area contributed by atoms with Crippen LogP contribution in [-0.2, 0) is 9.53 Å². The second-order valence-corrected chi connectivity index (χ2v) is 3.03. The molecule has 0 amide bonds. The van der Waals surface area contributed by atoms with Gasteiger partial charge in [0.2, 0.25) is 0 Å². The molecule has 0 aromatic rings. The summed E-state index contributed by atoms with van der Waals surface area (Å²) in [4.78, 5) is 10.5. The highest BCUT2D eigenvalue weighted by molar-refractivity contribution is 5.70. The number of ether oxygens (including phenoxy) is 1. The summed E-state index contributed by atoms with van der Waals surface area (Å²) in [5, 5.41) is 8.65. The molecule has 1 N–H and O–H groups in total. The van der Waals surface area contributed by atoms with Gasteiger partial charge in [0.25, 0.3) is 0 Å². The van der Waals surface area contributed by atoms with Crippen molar-refractivity contribution in [2.75, 3.05) is 6.61 Å². The van der Waals surface area contributed by atoms with Gasteiger partial charge in [0.15, 0.2) is 0 Å². The zero-order valence-corrected chi connectivity index (χ0v) is 6.75. The van der Waals surface area contributed by atoms with Gasteiger partial charge in [-0.1, -0.05) is 0 Å². The molecule has 11 heavy (non-hydrogen) atoms. The topological polar surface area (TPSA) is 46.5 Å². The molecule has 1 fully saturated rings. The molecule has 1 rings (SSSR count). The highest BCUT2D eigenvalue weighted by atomic mass is 16.5. The number of hydrogen-bond donors (Lipinski definition) is 1. The molecule has 0 radical (unpaired) electrons. The third-order valence-corrected chi connectivity index (χ3v) is 2.16. The number of carboxylic acid groups (broad SMARTS) is 1. The molecule has 2 unspecified atom stereocenters. The smallest absolute Gasteiger partial charge is 0.308 e. The molecule has 64 valence electrons. The summed E-state index contributed by atoms with van der Waals surface area (Å²) in [7, 11) is 0. The molecule has 1 aliphatic rings. The number of aliphatic carboxylic acids is 1. The third-order valence-electron chi connectivity index (χ3n) is 2.16. The maximum Gasteiger partial charge on any atom is 0.308 e. The first-order valence-electron chi connectivity index (χ1n) is 4.06. The van der Waals surface area contributed by atoms with Gasteiger partial charge in [0.05, 0.1) is 12.0 Å². The van der Waals surface area contributed by atoms with Crippen molar-refractivity contribution in [1.29, 1.82) is 0 Å². The first-order valence-corrected chi connectivity index (χ1v) is 4.06. The van der Waals surface area contributed by atoms with Gasteiger partial charge >= 0.3 is 5.97 Å². The summed E-state index contributed by atoms with van der Waals surface area (Å²) >= 11 is 0. The van der Waals surface area contributed by atoms with E-state index in [1.54, 1.807) is 6.92 Å². The largest absolute Gasteiger partial charge is 0.481 e. The lowest BCUT2D eigenvalue weighted by Gasteiger charge is -2.25. The lowest BCUT2D eigenvalue weighted by atomic mass is 9.98. The van der Waals surface area contributed by atoms with Crippen LogP contribution in [0.2, 0.25) is 0 Å². The summed E-state index contributed by atoms with van der Waals surface area (Å²) in [5.74, 6) is -1.10. The number of hydrogen-bond acceptors (Lipinski definition) is 2. The molecule has 3 heteroatoms. The molecule has 0 bridgehead atoms. The Kier molecular flexibility index (Phi) is 2.88. The van der Waals surface area contributed by atoms with Crippen LogP contribution in [0.1, 0.15) is 26.2 Å². The molecular weight excluding hydrogens is 144 g/mol.